The van der Waals surface area contributed by atoms with Gasteiger partial charge in [0, 0.05) is 18.6 Å². The van der Waals surface area contributed by atoms with Gasteiger partial charge < -0.3 is 10.6 Å². The molecule has 3 heteroatoms. The molecular formula is C15H28N2O. The molecule has 2 N–H and O–H groups in total. The van der Waals surface area contributed by atoms with Gasteiger partial charge in [-0.3, -0.25) is 4.79 Å². The van der Waals surface area contributed by atoms with Gasteiger partial charge in [0.15, 0.2) is 0 Å². The highest BCUT2D eigenvalue weighted by molar-refractivity contribution is 5.80. The molecule has 2 saturated carbocycles. The monoisotopic (exact) mass is 252 g/mol. The van der Waals surface area contributed by atoms with E-state index in [0.29, 0.717) is 17.9 Å². The molecule has 0 radical (unpaired) electrons. The molecule has 2 unspecified atom stereocenters. The van der Waals surface area contributed by atoms with Crippen molar-refractivity contribution in [2.45, 2.75) is 70.9 Å². The van der Waals surface area contributed by atoms with Gasteiger partial charge >= 0.3 is 0 Å². The lowest BCUT2D eigenvalue weighted by Gasteiger charge is -2.33. The second kappa shape index (κ2) is 6.05. The van der Waals surface area contributed by atoms with Crippen LogP contribution in [0.15, 0.2) is 0 Å². The summed E-state index contributed by atoms with van der Waals surface area (Å²) in [5.41, 5.74) is 6.15. The van der Waals surface area contributed by atoms with Crippen molar-refractivity contribution < 1.29 is 4.79 Å². The molecule has 0 spiro atoms. The summed E-state index contributed by atoms with van der Waals surface area (Å²) in [5, 5.41) is 0. The molecule has 0 heterocycles. The van der Waals surface area contributed by atoms with Crippen LogP contribution in [-0.2, 0) is 4.79 Å². The average molecular weight is 252 g/mol. The van der Waals surface area contributed by atoms with E-state index >= 15 is 0 Å². The molecule has 0 saturated heterocycles. The summed E-state index contributed by atoms with van der Waals surface area (Å²) in [7, 11) is 0. The zero-order chi connectivity index (χ0) is 13.1. The Balaban J connectivity index is 1.94. The molecule has 0 aromatic heterocycles. The molecule has 2 atom stereocenters. The van der Waals surface area contributed by atoms with Gasteiger partial charge in [-0.15, -0.1) is 0 Å². The molecule has 2 fully saturated rings. The van der Waals surface area contributed by atoms with E-state index in [0.717, 1.165) is 25.8 Å². The minimum absolute atomic E-state index is 0.103. The third kappa shape index (κ3) is 3.47. The minimum atomic E-state index is 0.103. The SMILES string of the molecule is CC(C)CCN(C(=O)C1CCCCC1N)C1CC1. The Hall–Kier alpha value is -0.570. The number of rotatable bonds is 5. The van der Waals surface area contributed by atoms with Gasteiger partial charge in [0.2, 0.25) is 5.91 Å². The van der Waals surface area contributed by atoms with Crippen molar-refractivity contribution in [1.82, 2.24) is 4.90 Å². The predicted molar refractivity (Wildman–Crippen MR) is 74.1 cm³/mol. The predicted octanol–water partition coefficient (Wildman–Crippen LogP) is 2.54. The van der Waals surface area contributed by atoms with Crippen molar-refractivity contribution >= 4 is 5.91 Å². The summed E-state index contributed by atoms with van der Waals surface area (Å²) in [6, 6.07) is 0.636. The smallest absolute Gasteiger partial charge is 0.227 e. The highest BCUT2D eigenvalue weighted by atomic mass is 16.2. The Labute approximate surface area is 111 Å². The topological polar surface area (TPSA) is 46.3 Å². The summed E-state index contributed by atoms with van der Waals surface area (Å²) in [5.74, 6) is 1.12. The van der Waals surface area contributed by atoms with Crippen LogP contribution >= 0.6 is 0 Å². The lowest BCUT2D eigenvalue weighted by molar-refractivity contribution is -0.137. The number of carbonyl (C=O) groups is 1. The van der Waals surface area contributed by atoms with Crippen LogP contribution in [0.2, 0.25) is 0 Å². The average Bonchev–Trinajstić information content (AvgIpc) is 3.13. The summed E-state index contributed by atoms with van der Waals surface area (Å²) >= 11 is 0. The molecule has 0 aromatic carbocycles. The van der Waals surface area contributed by atoms with E-state index in [1.807, 2.05) is 0 Å². The van der Waals surface area contributed by atoms with Crippen molar-refractivity contribution in [2.24, 2.45) is 17.6 Å². The second-order valence-corrected chi connectivity index (χ2v) is 6.50. The summed E-state index contributed by atoms with van der Waals surface area (Å²) in [6.07, 6.45) is 7.92. The molecule has 0 aromatic rings. The molecule has 0 aliphatic heterocycles. The van der Waals surface area contributed by atoms with E-state index in [1.54, 1.807) is 0 Å². The first-order valence-electron chi connectivity index (χ1n) is 7.65. The number of amides is 1. The fraction of sp³-hybridized carbons (Fsp3) is 0.933. The third-order valence-electron chi connectivity index (χ3n) is 4.35. The molecule has 0 bridgehead atoms. The van der Waals surface area contributed by atoms with Gasteiger partial charge in [-0.1, -0.05) is 26.7 Å². The van der Waals surface area contributed by atoms with Gasteiger partial charge in [-0.2, -0.15) is 0 Å². The number of nitrogens with two attached hydrogens (primary N) is 1. The molecular weight excluding hydrogens is 224 g/mol. The van der Waals surface area contributed by atoms with E-state index in [-0.39, 0.29) is 12.0 Å². The molecule has 1 amide bonds. The first-order chi connectivity index (χ1) is 8.59. The molecule has 2 aliphatic rings. The number of hydrogen-bond donors (Lipinski definition) is 1. The third-order valence-corrected chi connectivity index (χ3v) is 4.35. The summed E-state index contributed by atoms with van der Waals surface area (Å²) in [4.78, 5) is 14.8. The van der Waals surface area contributed by atoms with Crippen LogP contribution in [0.5, 0.6) is 0 Å². The maximum Gasteiger partial charge on any atom is 0.227 e. The van der Waals surface area contributed by atoms with Crippen LogP contribution < -0.4 is 5.73 Å². The van der Waals surface area contributed by atoms with Gasteiger partial charge in [0.1, 0.15) is 0 Å². The Bertz CT molecular complexity index is 286. The van der Waals surface area contributed by atoms with Crippen molar-refractivity contribution in [1.29, 1.82) is 0 Å². The lowest BCUT2D eigenvalue weighted by Crippen LogP contribution is -2.47. The fourth-order valence-corrected chi connectivity index (χ4v) is 2.94. The summed E-state index contributed by atoms with van der Waals surface area (Å²) < 4.78 is 0. The van der Waals surface area contributed by atoms with Gasteiger partial charge in [0.25, 0.3) is 0 Å². The Morgan fingerprint density at radius 2 is 1.89 bits per heavy atom. The molecule has 3 nitrogen and oxygen atoms in total. The lowest BCUT2D eigenvalue weighted by atomic mass is 9.84. The van der Waals surface area contributed by atoms with Crippen LogP contribution in [-0.4, -0.2) is 29.4 Å². The van der Waals surface area contributed by atoms with E-state index in [4.69, 9.17) is 5.73 Å². The number of carbonyl (C=O) groups excluding carboxylic acids is 1. The quantitative estimate of drug-likeness (QED) is 0.817. The normalized spacial score (nSPS) is 28.4. The standard InChI is InChI=1S/C15H28N2O/c1-11(2)9-10-17(12-7-8-12)15(18)13-5-3-4-6-14(13)16/h11-14H,3-10,16H2,1-2H3. The van der Waals surface area contributed by atoms with E-state index in [1.165, 1.54) is 25.7 Å². The van der Waals surface area contributed by atoms with E-state index in [2.05, 4.69) is 18.7 Å². The zero-order valence-corrected chi connectivity index (χ0v) is 11.9. The molecule has 2 aliphatic carbocycles. The van der Waals surface area contributed by atoms with Crippen molar-refractivity contribution in [3.05, 3.63) is 0 Å². The fourth-order valence-electron chi connectivity index (χ4n) is 2.94. The van der Waals surface area contributed by atoms with Crippen LogP contribution in [0, 0.1) is 11.8 Å². The molecule has 18 heavy (non-hydrogen) atoms. The second-order valence-electron chi connectivity index (χ2n) is 6.50. The van der Waals surface area contributed by atoms with Crippen LogP contribution in [0.25, 0.3) is 0 Å². The molecule has 2 rings (SSSR count). The molecule has 104 valence electrons. The van der Waals surface area contributed by atoms with Crippen molar-refractivity contribution in [2.75, 3.05) is 6.54 Å². The number of nitrogens with zero attached hydrogens (tertiary/aromatic N) is 1. The Morgan fingerprint density at radius 1 is 1.22 bits per heavy atom. The van der Waals surface area contributed by atoms with Crippen LogP contribution in [0.4, 0.5) is 0 Å². The first-order valence-corrected chi connectivity index (χ1v) is 7.65. The van der Waals surface area contributed by atoms with Gasteiger partial charge in [-0.05, 0) is 38.0 Å². The zero-order valence-electron chi connectivity index (χ0n) is 11.9. The number of hydrogen-bond acceptors (Lipinski definition) is 2. The van der Waals surface area contributed by atoms with Crippen LogP contribution in [0.3, 0.4) is 0 Å². The maximum atomic E-state index is 12.6. The van der Waals surface area contributed by atoms with E-state index < -0.39 is 0 Å². The Morgan fingerprint density at radius 3 is 2.44 bits per heavy atom. The maximum absolute atomic E-state index is 12.6. The highest BCUT2D eigenvalue weighted by Gasteiger charge is 2.38. The van der Waals surface area contributed by atoms with Gasteiger partial charge in [-0.25, -0.2) is 0 Å². The minimum Gasteiger partial charge on any atom is -0.339 e. The summed E-state index contributed by atoms with van der Waals surface area (Å²) in [6.45, 7) is 5.38. The van der Waals surface area contributed by atoms with E-state index in [9.17, 15) is 4.79 Å². The highest BCUT2D eigenvalue weighted by Crippen LogP contribution is 2.32. The van der Waals surface area contributed by atoms with Gasteiger partial charge in [0.05, 0.1) is 5.92 Å². The van der Waals surface area contributed by atoms with Crippen molar-refractivity contribution in [3.8, 4) is 0 Å². The van der Waals surface area contributed by atoms with Crippen molar-refractivity contribution in [3.63, 3.8) is 0 Å². The first kappa shape index (κ1) is 13.9. The van der Waals surface area contributed by atoms with Crippen LogP contribution in [0.1, 0.15) is 58.8 Å². The largest absolute Gasteiger partial charge is 0.339 e. The Kier molecular flexibility index (Phi) is 4.66.